The number of likely N-dealkylation sites (tertiary alicyclic amines) is 1. The number of amides is 1. The average Bonchev–Trinajstić information content (AvgIpc) is 2.69. The van der Waals surface area contributed by atoms with Gasteiger partial charge in [0, 0.05) is 18.3 Å². The molecule has 144 valence electrons. The van der Waals surface area contributed by atoms with Crippen molar-refractivity contribution in [1.29, 1.82) is 0 Å². The van der Waals surface area contributed by atoms with E-state index in [2.05, 4.69) is 22.2 Å². The van der Waals surface area contributed by atoms with Gasteiger partial charge in [0.05, 0.1) is 18.5 Å². The van der Waals surface area contributed by atoms with E-state index >= 15 is 0 Å². The molecular weight excluding hydrogens is 340 g/mol. The summed E-state index contributed by atoms with van der Waals surface area (Å²) in [5.74, 6) is 1.42. The van der Waals surface area contributed by atoms with Crippen LogP contribution in [-0.2, 0) is 0 Å². The van der Waals surface area contributed by atoms with E-state index in [1.165, 1.54) is 6.42 Å². The molecule has 0 saturated carbocycles. The molecule has 1 aromatic heterocycles. The van der Waals surface area contributed by atoms with Crippen LogP contribution in [0.3, 0.4) is 0 Å². The van der Waals surface area contributed by atoms with E-state index in [9.17, 15) is 4.79 Å². The van der Waals surface area contributed by atoms with Gasteiger partial charge in [0.2, 0.25) is 0 Å². The second kappa shape index (κ2) is 8.84. The molecule has 1 saturated heterocycles. The zero-order valence-electron chi connectivity index (χ0n) is 16.3. The van der Waals surface area contributed by atoms with Crippen molar-refractivity contribution < 1.29 is 9.53 Å². The highest BCUT2D eigenvalue weighted by Gasteiger charge is 2.27. The number of aromatic nitrogens is 2. The lowest BCUT2D eigenvalue weighted by Gasteiger charge is -2.34. The summed E-state index contributed by atoms with van der Waals surface area (Å²) in [6, 6.07) is 8.00. The Morgan fingerprint density at radius 1 is 1.22 bits per heavy atom. The summed E-state index contributed by atoms with van der Waals surface area (Å²) >= 11 is 0. The highest BCUT2D eigenvalue weighted by molar-refractivity contribution is 5.92. The summed E-state index contributed by atoms with van der Waals surface area (Å²) in [6.07, 6.45) is 7.62. The van der Waals surface area contributed by atoms with Crippen LogP contribution in [0.15, 0.2) is 36.7 Å². The van der Waals surface area contributed by atoms with E-state index in [1.54, 1.807) is 12.4 Å². The number of ether oxygens (including phenoxy) is 1. The minimum Gasteiger partial charge on any atom is -0.491 e. The molecule has 0 bridgehead atoms. The van der Waals surface area contributed by atoms with Crippen LogP contribution in [0.25, 0.3) is 0 Å². The Kier molecular flexibility index (Phi) is 6.27. The molecule has 1 N–H and O–H groups in total. The Morgan fingerprint density at radius 2 is 2.00 bits per heavy atom. The summed E-state index contributed by atoms with van der Waals surface area (Å²) in [5.41, 5.74) is 1.29. The van der Waals surface area contributed by atoms with Gasteiger partial charge in [0.15, 0.2) is 0 Å². The van der Waals surface area contributed by atoms with Gasteiger partial charge in [-0.1, -0.05) is 6.92 Å². The fraction of sp³-hybridized carbons (Fsp3) is 0.476. The summed E-state index contributed by atoms with van der Waals surface area (Å²) in [6.45, 7) is 6.94. The molecule has 0 aliphatic carbocycles. The molecule has 1 amide bonds. The molecule has 1 aromatic carbocycles. The highest BCUT2D eigenvalue weighted by Crippen LogP contribution is 2.22. The summed E-state index contributed by atoms with van der Waals surface area (Å²) in [7, 11) is 0. The topological polar surface area (TPSA) is 67.4 Å². The first-order chi connectivity index (χ1) is 13.1. The smallest absolute Gasteiger partial charge is 0.274 e. The van der Waals surface area contributed by atoms with Crippen molar-refractivity contribution in [3.8, 4) is 5.75 Å². The first-order valence-electron chi connectivity index (χ1n) is 9.73. The van der Waals surface area contributed by atoms with Crippen LogP contribution in [0.2, 0.25) is 0 Å². The van der Waals surface area contributed by atoms with Crippen LogP contribution in [0, 0.1) is 0 Å². The quantitative estimate of drug-likeness (QED) is 0.818. The van der Waals surface area contributed by atoms with Gasteiger partial charge in [-0.05, 0) is 63.8 Å². The monoisotopic (exact) mass is 368 g/mol. The molecule has 1 aliphatic heterocycles. The second-order valence-electron chi connectivity index (χ2n) is 7.16. The van der Waals surface area contributed by atoms with Gasteiger partial charge in [0.25, 0.3) is 5.91 Å². The normalized spacial score (nSPS) is 17.0. The molecule has 2 aromatic rings. The Balaban J connectivity index is 1.63. The largest absolute Gasteiger partial charge is 0.491 e. The summed E-state index contributed by atoms with van der Waals surface area (Å²) in [5, 5.41) is 3.20. The minimum absolute atomic E-state index is 0.0178. The van der Waals surface area contributed by atoms with Gasteiger partial charge in [-0.2, -0.15) is 0 Å². The molecule has 1 unspecified atom stereocenters. The van der Waals surface area contributed by atoms with E-state index in [0.29, 0.717) is 17.6 Å². The lowest BCUT2D eigenvalue weighted by molar-refractivity contribution is 0.0601. The standard InChI is InChI=1S/C21H28N4O2/c1-4-17-7-5-6-12-25(17)21(26)19-13-23-20(14-22-19)24-16-8-10-18(11-9-16)27-15(2)3/h8-11,13-15,17H,4-7,12H2,1-3H3,(H,23,24). The zero-order chi connectivity index (χ0) is 19.2. The summed E-state index contributed by atoms with van der Waals surface area (Å²) in [4.78, 5) is 23.4. The van der Waals surface area contributed by atoms with Crippen LogP contribution >= 0.6 is 0 Å². The van der Waals surface area contributed by atoms with Crippen molar-refractivity contribution in [1.82, 2.24) is 14.9 Å². The molecule has 2 heterocycles. The molecule has 27 heavy (non-hydrogen) atoms. The number of benzene rings is 1. The number of carbonyl (C=O) groups is 1. The molecule has 6 heteroatoms. The highest BCUT2D eigenvalue weighted by atomic mass is 16.5. The molecule has 1 atom stereocenters. The zero-order valence-corrected chi connectivity index (χ0v) is 16.3. The van der Waals surface area contributed by atoms with Gasteiger partial charge >= 0.3 is 0 Å². The molecule has 3 rings (SSSR count). The maximum absolute atomic E-state index is 12.8. The van der Waals surface area contributed by atoms with E-state index in [1.807, 2.05) is 43.0 Å². The summed E-state index contributed by atoms with van der Waals surface area (Å²) < 4.78 is 5.64. The van der Waals surface area contributed by atoms with E-state index in [4.69, 9.17) is 4.74 Å². The maximum Gasteiger partial charge on any atom is 0.274 e. The van der Waals surface area contributed by atoms with Crippen LogP contribution < -0.4 is 10.1 Å². The van der Waals surface area contributed by atoms with Crippen molar-refractivity contribution in [2.24, 2.45) is 0 Å². The Labute approximate surface area is 161 Å². The van der Waals surface area contributed by atoms with Crippen molar-refractivity contribution >= 4 is 17.4 Å². The molecule has 0 radical (unpaired) electrons. The number of piperidine rings is 1. The Morgan fingerprint density at radius 3 is 2.63 bits per heavy atom. The third-order valence-electron chi connectivity index (χ3n) is 4.73. The Bertz CT molecular complexity index is 744. The van der Waals surface area contributed by atoms with Gasteiger partial charge in [0.1, 0.15) is 17.3 Å². The Hall–Kier alpha value is -2.63. The van der Waals surface area contributed by atoms with Gasteiger partial charge in [-0.15, -0.1) is 0 Å². The fourth-order valence-electron chi connectivity index (χ4n) is 3.38. The number of nitrogens with one attached hydrogen (secondary N) is 1. The average molecular weight is 368 g/mol. The lowest BCUT2D eigenvalue weighted by atomic mass is 10.00. The number of rotatable bonds is 6. The predicted octanol–water partition coefficient (Wildman–Crippen LogP) is 4.41. The molecular formula is C21H28N4O2. The SMILES string of the molecule is CCC1CCCCN1C(=O)c1cnc(Nc2ccc(OC(C)C)cc2)cn1. The number of hydrogen-bond acceptors (Lipinski definition) is 5. The third-order valence-corrected chi connectivity index (χ3v) is 4.73. The van der Waals surface area contributed by atoms with E-state index < -0.39 is 0 Å². The number of hydrogen-bond donors (Lipinski definition) is 1. The van der Waals surface area contributed by atoms with Crippen LogP contribution in [-0.4, -0.2) is 39.5 Å². The molecule has 0 spiro atoms. The third kappa shape index (κ3) is 4.96. The van der Waals surface area contributed by atoms with Crippen LogP contribution in [0.5, 0.6) is 5.75 Å². The predicted molar refractivity (Wildman–Crippen MR) is 106 cm³/mol. The number of nitrogens with zero attached hydrogens (tertiary/aromatic N) is 3. The van der Waals surface area contributed by atoms with Crippen LogP contribution in [0.1, 0.15) is 56.9 Å². The van der Waals surface area contributed by atoms with Gasteiger partial charge in [-0.25, -0.2) is 9.97 Å². The number of anilines is 2. The van der Waals surface area contributed by atoms with Crippen molar-refractivity contribution in [2.45, 2.75) is 58.6 Å². The second-order valence-corrected chi connectivity index (χ2v) is 7.16. The molecule has 1 fully saturated rings. The minimum atomic E-state index is -0.0178. The van der Waals surface area contributed by atoms with Crippen LogP contribution in [0.4, 0.5) is 11.5 Å². The van der Waals surface area contributed by atoms with Crippen molar-refractivity contribution in [3.63, 3.8) is 0 Å². The van der Waals surface area contributed by atoms with Gasteiger partial charge < -0.3 is 15.0 Å². The van der Waals surface area contributed by atoms with E-state index in [0.717, 1.165) is 37.2 Å². The van der Waals surface area contributed by atoms with Crippen molar-refractivity contribution in [2.75, 3.05) is 11.9 Å². The molecule has 6 nitrogen and oxygen atoms in total. The van der Waals surface area contributed by atoms with E-state index in [-0.39, 0.29) is 12.0 Å². The first-order valence-corrected chi connectivity index (χ1v) is 9.73. The van der Waals surface area contributed by atoms with Gasteiger partial charge in [-0.3, -0.25) is 4.79 Å². The molecule has 1 aliphatic rings. The first kappa shape index (κ1) is 19.1. The number of carbonyl (C=O) groups excluding carboxylic acids is 1. The fourth-order valence-corrected chi connectivity index (χ4v) is 3.38. The lowest BCUT2D eigenvalue weighted by Crippen LogP contribution is -2.43. The maximum atomic E-state index is 12.8. The van der Waals surface area contributed by atoms with Crippen molar-refractivity contribution in [3.05, 3.63) is 42.4 Å².